The van der Waals surface area contributed by atoms with Crippen LogP contribution in [0.1, 0.15) is 86.3 Å². The molecule has 38 heavy (non-hydrogen) atoms. The maximum Gasteiger partial charge on any atom is 0.305 e. The number of rotatable bonds is 9. The van der Waals surface area contributed by atoms with E-state index in [4.69, 9.17) is 33.3 Å². The average molecular weight is 559 g/mol. The first-order chi connectivity index (χ1) is 18.2. The van der Waals surface area contributed by atoms with E-state index < -0.39 is 11.6 Å². The van der Waals surface area contributed by atoms with Crippen LogP contribution in [0.5, 0.6) is 0 Å². The van der Waals surface area contributed by atoms with Gasteiger partial charge >= 0.3 is 5.97 Å². The molecule has 3 atom stereocenters. The topological polar surface area (TPSA) is 99.1 Å². The van der Waals surface area contributed by atoms with Crippen LogP contribution in [0.4, 0.5) is 0 Å². The standard InChI is InChI=1S/C29H33Cl2N3O4/c1-3-6-24(19-8-10-20(11-9-19)27(37)32-14-12-25(35)36)34-28(38)26(21-15-22(30)17-23(31)16-21)33-29(34)13-5-4-7-18(29)2/h8-11,15-18,24H,3-7,12-14H2,1-2H3,(H,32,37)(H,35,36). The van der Waals surface area contributed by atoms with E-state index in [0.717, 1.165) is 44.1 Å². The van der Waals surface area contributed by atoms with Gasteiger partial charge in [-0.3, -0.25) is 19.4 Å². The van der Waals surface area contributed by atoms with E-state index >= 15 is 0 Å². The number of benzene rings is 2. The second-order valence-corrected chi connectivity index (χ2v) is 11.0. The van der Waals surface area contributed by atoms with E-state index in [1.165, 1.54) is 0 Å². The Hall–Kier alpha value is -2.90. The smallest absolute Gasteiger partial charge is 0.305 e. The average Bonchev–Trinajstić information content (AvgIpc) is 3.16. The predicted octanol–water partition coefficient (Wildman–Crippen LogP) is 6.28. The molecule has 1 saturated carbocycles. The van der Waals surface area contributed by atoms with Crippen molar-refractivity contribution >= 4 is 46.7 Å². The zero-order chi connectivity index (χ0) is 27.4. The molecule has 0 aromatic heterocycles. The molecule has 1 spiro atoms. The van der Waals surface area contributed by atoms with Crippen molar-refractivity contribution in [1.82, 2.24) is 10.2 Å². The number of carbonyl (C=O) groups is 3. The van der Waals surface area contributed by atoms with E-state index in [9.17, 15) is 14.4 Å². The van der Waals surface area contributed by atoms with Crippen LogP contribution in [0.15, 0.2) is 47.5 Å². The molecule has 4 rings (SSSR count). The SMILES string of the molecule is CCCC(c1ccc(C(=O)NCCC(=O)O)cc1)N1C(=O)C(c2cc(Cl)cc(Cl)c2)=NC12CCCCC2C. The van der Waals surface area contributed by atoms with Crippen molar-refractivity contribution in [3.8, 4) is 0 Å². The molecule has 1 fully saturated rings. The summed E-state index contributed by atoms with van der Waals surface area (Å²) in [5, 5.41) is 12.3. The van der Waals surface area contributed by atoms with Gasteiger partial charge < -0.3 is 15.3 Å². The quantitative estimate of drug-likeness (QED) is 0.379. The fourth-order valence-corrected chi connectivity index (χ4v) is 6.20. The predicted molar refractivity (Wildman–Crippen MR) is 149 cm³/mol. The van der Waals surface area contributed by atoms with Crippen LogP contribution in [0.25, 0.3) is 0 Å². The van der Waals surface area contributed by atoms with E-state index in [-0.39, 0.29) is 36.7 Å². The molecule has 1 aliphatic heterocycles. The highest BCUT2D eigenvalue weighted by atomic mass is 35.5. The highest BCUT2D eigenvalue weighted by molar-refractivity contribution is 6.47. The number of halogens is 2. The lowest BCUT2D eigenvalue weighted by Crippen LogP contribution is -2.54. The summed E-state index contributed by atoms with van der Waals surface area (Å²) in [5.74, 6) is -1.26. The van der Waals surface area contributed by atoms with Crippen molar-refractivity contribution in [3.05, 3.63) is 69.2 Å². The number of amides is 2. The lowest BCUT2D eigenvalue weighted by atomic mass is 9.78. The Morgan fingerprint density at radius 1 is 1.16 bits per heavy atom. The van der Waals surface area contributed by atoms with Crippen LogP contribution < -0.4 is 5.32 Å². The van der Waals surface area contributed by atoms with Crippen LogP contribution in [0.2, 0.25) is 10.0 Å². The first-order valence-electron chi connectivity index (χ1n) is 13.2. The molecule has 2 amide bonds. The van der Waals surface area contributed by atoms with Gasteiger partial charge in [-0.1, -0.05) is 62.0 Å². The van der Waals surface area contributed by atoms with E-state index in [1.54, 1.807) is 30.3 Å². The summed E-state index contributed by atoms with van der Waals surface area (Å²) >= 11 is 12.6. The second-order valence-electron chi connectivity index (χ2n) is 10.1. The van der Waals surface area contributed by atoms with E-state index in [1.807, 2.05) is 17.0 Å². The van der Waals surface area contributed by atoms with Crippen LogP contribution in [-0.2, 0) is 9.59 Å². The minimum absolute atomic E-state index is 0.0602. The summed E-state index contributed by atoms with van der Waals surface area (Å²) < 4.78 is 0. The number of carbonyl (C=O) groups excluding carboxylic acids is 2. The molecule has 2 aliphatic rings. The molecule has 0 bridgehead atoms. The van der Waals surface area contributed by atoms with Crippen LogP contribution >= 0.6 is 23.2 Å². The summed E-state index contributed by atoms with van der Waals surface area (Å²) in [5.41, 5.74) is 1.72. The van der Waals surface area contributed by atoms with Gasteiger partial charge in [-0.25, -0.2) is 0 Å². The van der Waals surface area contributed by atoms with Gasteiger partial charge in [0.1, 0.15) is 11.4 Å². The zero-order valence-corrected chi connectivity index (χ0v) is 23.2. The molecule has 1 aliphatic carbocycles. The van der Waals surface area contributed by atoms with Crippen LogP contribution in [-0.4, -0.2) is 45.7 Å². The molecule has 7 nitrogen and oxygen atoms in total. The third kappa shape index (κ3) is 5.74. The molecule has 9 heteroatoms. The first kappa shape index (κ1) is 28.1. The molecule has 1 heterocycles. The van der Waals surface area contributed by atoms with Gasteiger partial charge in [-0.05, 0) is 67.5 Å². The number of aliphatic carboxylic acids is 1. The normalized spacial score (nSPS) is 21.9. The van der Waals surface area contributed by atoms with Crippen molar-refractivity contribution in [3.63, 3.8) is 0 Å². The van der Waals surface area contributed by atoms with Gasteiger partial charge in [0, 0.05) is 27.7 Å². The van der Waals surface area contributed by atoms with Crippen molar-refractivity contribution in [2.45, 2.75) is 70.5 Å². The Labute approximate surface area is 233 Å². The number of nitrogens with zero attached hydrogens (tertiary/aromatic N) is 2. The molecular weight excluding hydrogens is 525 g/mol. The monoisotopic (exact) mass is 557 g/mol. The Bertz CT molecular complexity index is 1230. The van der Waals surface area contributed by atoms with Gasteiger partial charge in [-0.15, -0.1) is 0 Å². The Morgan fingerprint density at radius 2 is 1.84 bits per heavy atom. The molecule has 2 aromatic rings. The highest BCUT2D eigenvalue weighted by Crippen LogP contribution is 2.48. The van der Waals surface area contributed by atoms with E-state index in [0.29, 0.717) is 26.9 Å². The number of aliphatic imine (C=N–C) groups is 1. The van der Waals surface area contributed by atoms with Gasteiger partial charge in [0.2, 0.25) is 0 Å². The van der Waals surface area contributed by atoms with Gasteiger partial charge in [0.25, 0.3) is 11.8 Å². The second kappa shape index (κ2) is 11.9. The third-order valence-electron chi connectivity index (χ3n) is 7.56. The summed E-state index contributed by atoms with van der Waals surface area (Å²) in [7, 11) is 0. The number of nitrogens with one attached hydrogen (secondary N) is 1. The van der Waals surface area contributed by atoms with E-state index in [2.05, 4.69) is 19.2 Å². The summed E-state index contributed by atoms with van der Waals surface area (Å²) in [6.07, 6.45) is 5.30. The Morgan fingerprint density at radius 3 is 2.45 bits per heavy atom. The number of hydrogen-bond donors (Lipinski definition) is 2. The summed E-state index contributed by atoms with van der Waals surface area (Å²) in [6.45, 7) is 4.32. The minimum Gasteiger partial charge on any atom is -0.481 e. The Balaban J connectivity index is 1.69. The number of carboxylic acid groups (broad SMARTS) is 1. The summed E-state index contributed by atoms with van der Waals surface area (Å²) in [4.78, 5) is 44.5. The van der Waals surface area contributed by atoms with Gasteiger partial charge in [-0.2, -0.15) is 0 Å². The van der Waals surface area contributed by atoms with Crippen LogP contribution in [0.3, 0.4) is 0 Å². The maximum atomic E-state index is 14.2. The van der Waals surface area contributed by atoms with Crippen molar-refractivity contribution in [1.29, 1.82) is 0 Å². The molecular formula is C29H33Cl2N3O4. The minimum atomic E-state index is -0.967. The van der Waals surface area contributed by atoms with Crippen LogP contribution in [0, 0.1) is 5.92 Å². The fraction of sp³-hybridized carbons (Fsp3) is 0.448. The summed E-state index contributed by atoms with van der Waals surface area (Å²) in [6, 6.07) is 12.1. The fourth-order valence-electron chi connectivity index (χ4n) is 5.67. The first-order valence-corrected chi connectivity index (χ1v) is 13.9. The Kier molecular flexibility index (Phi) is 8.78. The zero-order valence-electron chi connectivity index (χ0n) is 21.7. The third-order valence-corrected chi connectivity index (χ3v) is 7.99. The molecule has 2 N–H and O–H groups in total. The number of carboxylic acids is 1. The largest absolute Gasteiger partial charge is 0.481 e. The maximum absolute atomic E-state index is 14.2. The van der Waals surface area contributed by atoms with Gasteiger partial charge in [0.05, 0.1) is 12.5 Å². The highest BCUT2D eigenvalue weighted by Gasteiger charge is 2.53. The number of hydrogen-bond acceptors (Lipinski definition) is 4. The molecule has 3 unspecified atom stereocenters. The van der Waals surface area contributed by atoms with Crippen molar-refractivity contribution in [2.75, 3.05) is 6.54 Å². The molecule has 0 saturated heterocycles. The van der Waals surface area contributed by atoms with Gasteiger partial charge in [0.15, 0.2) is 0 Å². The lowest BCUT2D eigenvalue weighted by molar-refractivity contribution is -0.137. The molecule has 2 aromatic carbocycles. The molecule has 202 valence electrons. The molecule has 0 radical (unpaired) electrons. The lowest BCUT2D eigenvalue weighted by Gasteiger charge is -2.47. The van der Waals surface area contributed by atoms with Crippen molar-refractivity contribution in [2.24, 2.45) is 10.9 Å². The van der Waals surface area contributed by atoms with Crippen molar-refractivity contribution < 1.29 is 19.5 Å².